The van der Waals surface area contributed by atoms with Crippen LogP contribution in [0.15, 0.2) is 46.0 Å². The lowest BCUT2D eigenvalue weighted by molar-refractivity contribution is 0.0956. The lowest BCUT2D eigenvalue weighted by Gasteiger charge is -2.15. The van der Waals surface area contributed by atoms with Crippen molar-refractivity contribution in [2.45, 2.75) is 58.7 Å². The van der Waals surface area contributed by atoms with Gasteiger partial charge in [0.25, 0.3) is 5.91 Å². The van der Waals surface area contributed by atoms with Crippen molar-refractivity contribution in [3.8, 4) is 0 Å². The Morgan fingerprint density at radius 2 is 1.89 bits per heavy atom. The molecule has 28 heavy (non-hydrogen) atoms. The number of hydrogen-bond donors (Lipinski definition) is 4. The summed E-state index contributed by atoms with van der Waals surface area (Å²) in [5.41, 5.74) is 3.23. The third kappa shape index (κ3) is 6.28. The van der Waals surface area contributed by atoms with Crippen LogP contribution < -0.4 is 16.5 Å². The minimum absolute atomic E-state index is 0.120. The maximum atomic E-state index is 11.9. The fourth-order valence-corrected chi connectivity index (χ4v) is 2.73. The van der Waals surface area contributed by atoms with Crippen molar-refractivity contribution in [1.82, 2.24) is 10.6 Å². The van der Waals surface area contributed by atoms with Gasteiger partial charge in [0.05, 0.1) is 11.4 Å². The van der Waals surface area contributed by atoms with Crippen molar-refractivity contribution in [2.24, 2.45) is 15.9 Å². The molecule has 1 aromatic carbocycles. The Morgan fingerprint density at radius 3 is 2.39 bits per heavy atom. The average molecular weight is 386 g/mol. The van der Waals surface area contributed by atoms with Crippen LogP contribution in [-0.2, 0) is 0 Å². The molecule has 1 aromatic rings. The van der Waals surface area contributed by atoms with Crippen molar-refractivity contribution < 1.29 is 9.90 Å². The first-order chi connectivity index (χ1) is 13.5. The third-order valence-electron chi connectivity index (χ3n) is 4.60. The van der Waals surface area contributed by atoms with Gasteiger partial charge in [0.15, 0.2) is 6.23 Å². The smallest absolute Gasteiger partial charge is 0.251 e. The molecule has 1 fully saturated rings. The van der Waals surface area contributed by atoms with Gasteiger partial charge in [-0.2, -0.15) is 5.10 Å². The SMILES string of the molecule is CCNC(=O)c1ccc(N=C(C=C(CC)CC)C(=NN)C(O)NC2CC2)cc1. The van der Waals surface area contributed by atoms with Crippen LogP contribution in [0, 0.1) is 0 Å². The van der Waals surface area contributed by atoms with Gasteiger partial charge in [0, 0.05) is 18.2 Å². The summed E-state index contributed by atoms with van der Waals surface area (Å²) in [4.78, 5) is 16.6. The lowest BCUT2D eigenvalue weighted by Crippen LogP contribution is -2.42. The summed E-state index contributed by atoms with van der Waals surface area (Å²) in [7, 11) is 0. The molecule has 1 saturated carbocycles. The Morgan fingerprint density at radius 1 is 1.25 bits per heavy atom. The van der Waals surface area contributed by atoms with Gasteiger partial charge in [-0.3, -0.25) is 10.1 Å². The molecule has 0 heterocycles. The summed E-state index contributed by atoms with van der Waals surface area (Å²) in [5.74, 6) is 5.49. The fraction of sp³-hybridized carbons (Fsp3) is 0.476. The number of benzene rings is 1. The molecule has 0 aromatic heterocycles. The molecule has 1 aliphatic rings. The van der Waals surface area contributed by atoms with Crippen LogP contribution in [0.3, 0.4) is 0 Å². The molecular weight excluding hydrogens is 354 g/mol. The highest BCUT2D eigenvalue weighted by Gasteiger charge is 2.27. The number of carbonyl (C=O) groups excluding carboxylic acids is 1. The van der Waals surface area contributed by atoms with Gasteiger partial charge in [-0.05, 0) is 62.9 Å². The number of nitrogens with two attached hydrogens (primary N) is 1. The van der Waals surface area contributed by atoms with Crippen LogP contribution in [0.1, 0.15) is 56.8 Å². The van der Waals surface area contributed by atoms with E-state index in [0.717, 1.165) is 25.7 Å². The number of nitrogens with zero attached hydrogens (tertiary/aromatic N) is 2. The largest absolute Gasteiger partial charge is 0.372 e. The number of allylic oxidation sites excluding steroid dienone is 2. The molecule has 1 amide bonds. The van der Waals surface area contributed by atoms with Crippen LogP contribution in [0.25, 0.3) is 0 Å². The summed E-state index contributed by atoms with van der Waals surface area (Å²) in [6, 6.07) is 7.29. The van der Waals surface area contributed by atoms with Crippen molar-refractivity contribution in [2.75, 3.05) is 6.54 Å². The molecule has 0 aliphatic heterocycles. The van der Waals surface area contributed by atoms with Gasteiger partial charge in [-0.1, -0.05) is 19.4 Å². The first kappa shape index (κ1) is 21.8. The quantitative estimate of drug-likeness (QED) is 0.215. The second-order valence-electron chi connectivity index (χ2n) is 6.77. The zero-order chi connectivity index (χ0) is 20.5. The van der Waals surface area contributed by atoms with Gasteiger partial charge < -0.3 is 16.3 Å². The molecule has 0 saturated heterocycles. The maximum absolute atomic E-state index is 11.9. The van der Waals surface area contributed by atoms with Crippen LogP contribution in [0.2, 0.25) is 0 Å². The second kappa shape index (κ2) is 10.7. The predicted octanol–water partition coefficient (Wildman–Crippen LogP) is 2.64. The Hall–Kier alpha value is -2.51. The number of hydrogen-bond acceptors (Lipinski definition) is 6. The molecule has 152 valence electrons. The number of aliphatic hydroxyl groups is 1. The number of carbonyl (C=O) groups is 1. The monoisotopic (exact) mass is 385 g/mol. The topological polar surface area (TPSA) is 112 Å². The van der Waals surface area contributed by atoms with Crippen LogP contribution in [0.4, 0.5) is 5.69 Å². The van der Waals surface area contributed by atoms with E-state index in [9.17, 15) is 9.90 Å². The van der Waals surface area contributed by atoms with E-state index in [2.05, 4.69) is 34.6 Å². The van der Waals surface area contributed by atoms with Crippen LogP contribution >= 0.6 is 0 Å². The molecule has 0 spiro atoms. The molecule has 0 bridgehead atoms. The van der Waals surface area contributed by atoms with E-state index in [1.807, 2.05) is 13.0 Å². The van der Waals surface area contributed by atoms with Gasteiger partial charge in [-0.25, -0.2) is 4.99 Å². The van der Waals surface area contributed by atoms with Crippen LogP contribution in [-0.4, -0.2) is 41.3 Å². The predicted molar refractivity (Wildman–Crippen MR) is 114 cm³/mol. The van der Waals surface area contributed by atoms with Gasteiger partial charge in [0.2, 0.25) is 0 Å². The van der Waals surface area contributed by atoms with Crippen molar-refractivity contribution in [3.63, 3.8) is 0 Å². The number of aliphatic hydroxyl groups excluding tert-OH is 1. The molecule has 1 atom stereocenters. The zero-order valence-electron chi connectivity index (χ0n) is 16.9. The van der Waals surface area contributed by atoms with Crippen LogP contribution in [0.5, 0.6) is 0 Å². The summed E-state index contributed by atoms with van der Waals surface area (Å²) >= 11 is 0. The molecule has 0 radical (unpaired) electrons. The first-order valence-electron chi connectivity index (χ1n) is 9.90. The molecule has 1 unspecified atom stereocenters. The molecule has 2 rings (SSSR count). The fourth-order valence-electron chi connectivity index (χ4n) is 2.73. The summed E-state index contributed by atoms with van der Waals surface area (Å²) < 4.78 is 0. The van der Waals surface area contributed by atoms with E-state index >= 15 is 0 Å². The Labute approximate surface area is 166 Å². The molecule has 7 nitrogen and oxygen atoms in total. The van der Waals surface area contributed by atoms with E-state index in [-0.39, 0.29) is 5.91 Å². The molecule has 7 heteroatoms. The number of aliphatic imine (C=N–C) groups is 1. The molecule has 1 aliphatic carbocycles. The van der Waals surface area contributed by atoms with E-state index in [1.165, 1.54) is 5.57 Å². The normalized spacial score (nSPS) is 15.9. The van der Waals surface area contributed by atoms with Crippen molar-refractivity contribution >= 4 is 23.0 Å². The number of nitrogens with one attached hydrogen (secondary N) is 2. The summed E-state index contributed by atoms with van der Waals surface area (Å²) in [5, 5.41) is 20.2. The zero-order valence-corrected chi connectivity index (χ0v) is 16.9. The Kier molecular flexibility index (Phi) is 8.35. The average Bonchev–Trinajstić information content (AvgIpc) is 3.51. The van der Waals surface area contributed by atoms with Crippen molar-refractivity contribution in [1.29, 1.82) is 0 Å². The standard InChI is InChI=1S/C21H31N5O2/c1-4-14(5-2)13-18(19(26-22)21(28)25-17-11-12-17)24-16-9-7-15(8-10-16)20(27)23-6-3/h7-10,13,17,21,25,28H,4-6,11-12,22H2,1-3H3,(H,23,27). The third-order valence-corrected chi connectivity index (χ3v) is 4.60. The van der Waals surface area contributed by atoms with E-state index in [4.69, 9.17) is 5.84 Å². The Bertz CT molecular complexity index is 743. The van der Waals surface area contributed by atoms with E-state index < -0.39 is 6.23 Å². The minimum atomic E-state index is -0.975. The Balaban J connectivity index is 2.34. The first-order valence-corrected chi connectivity index (χ1v) is 9.90. The van der Waals surface area contributed by atoms with Gasteiger partial charge in [0.1, 0.15) is 5.71 Å². The van der Waals surface area contributed by atoms with E-state index in [1.54, 1.807) is 24.3 Å². The minimum Gasteiger partial charge on any atom is -0.372 e. The summed E-state index contributed by atoms with van der Waals surface area (Å²) in [6.45, 7) is 6.61. The highest BCUT2D eigenvalue weighted by Crippen LogP contribution is 2.20. The highest BCUT2D eigenvalue weighted by molar-refractivity contribution is 6.48. The number of amides is 1. The summed E-state index contributed by atoms with van der Waals surface area (Å²) in [6.07, 6.45) is 4.77. The van der Waals surface area contributed by atoms with E-state index in [0.29, 0.717) is 35.3 Å². The van der Waals surface area contributed by atoms with Gasteiger partial charge >= 0.3 is 0 Å². The van der Waals surface area contributed by atoms with Crippen molar-refractivity contribution in [3.05, 3.63) is 41.5 Å². The maximum Gasteiger partial charge on any atom is 0.251 e. The highest BCUT2D eigenvalue weighted by atomic mass is 16.3. The number of hydrazone groups is 1. The molecule has 5 N–H and O–H groups in total. The second-order valence-corrected chi connectivity index (χ2v) is 6.77. The number of rotatable bonds is 10. The molecular formula is C21H31N5O2. The lowest BCUT2D eigenvalue weighted by atomic mass is 10.1. The van der Waals surface area contributed by atoms with Gasteiger partial charge in [-0.15, -0.1) is 0 Å².